The second-order valence-electron chi connectivity index (χ2n) is 3.56. The van der Waals surface area contributed by atoms with Crippen LogP contribution in [0.25, 0.3) is 0 Å². The molecule has 1 unspecified atom stereocenters. The molecular formula is C12H15ClO3. The molecule has 1 aromatic carbocycles. The van der Waals surface area contributed by atoms with Gasteiger partial charge in [-0.1, -0.05) is 17.7 Å². The molecule has 1 aromatic rings. The molecule has 0 bridgehead atoms. The Morgan fingerprint density at radius 3 is 2.69 bits per heavy atom. The maximum absolute atomic E-state index is 11.4. The van der Waals surface area contributed by atoms with Crippen LogP contribution in [0.1, 0.15) is 29.7 Å². The quantitative estimate of drug-likeness (QED) is 0.829. The number of carbonyl (C=O) groups excluding carboxylic acids is 1. The van der Waals surface area contributed by atoms with Gasteiger partial charge in [0.25, 0.3) is 0 Å². The lowest BCUT2D eigenvalue weighted by molar-refractivity contribution is -0.153. The van der Waals surface area contributed by atoms with E-state index in [0.29, 0.717) is 10.6 Å². The summed E-state index contributed by atoms with van der Waals surface area (Å²) in [6.07, 6.45) is -1.31. The maximum atomic E-state index is 11.4. The van der Waals surface area contributed by atoms with Crippen LogP contribution >= 0.6 is 11.6 Å². The second-order valence-corrected chi connectivity index (χ2v) is 3.96. The fourth-order valence-electron chi connectivity index (χ4n) is 1.48. The highest BCUT2D eigenvalue weighted by Gasteiger charge is 2.23. The zero-order valence-corrected chi connectivity index (χ0v) is 10.3. The maximum Gasteiger partial charge on any atom is 0.339 e. The molecule has 0 heterocycles. The van der Waals surface area contributed by atoms with Crippen molar-refractivity contribution < 1.29 is 14.6 Å². The number of esters is 1. The predicted molar refractivity (Wildman–Crippen MR) is 62.5 cm³/mol. The number of benzene rings is 1. The van der Waals surface area contributed by atoms with Crippen LogP contribution in [0.5, 0.6) is 0 Å². The Bertz CT molecular complexity index is 401. The van der Waals surface area contributed by atoms with Crippen LogP contribution in [-0.4, -0.2) is 17.7 Å². The lowest BCUT2D eigenvalue weighted by Gasteiger charge is -2.15. The molecule has 0 aromatic heterocycles. The average Bonchev–Trinajstić information content (AvgIpc) is 2.24. The summed E-state index contributed by atoms with van der Waals surface area (Å²) in [5, 5.41) is 10.2. The molecular weight excluding hydrogens is 228 g/mol. The molecule has 0 saturated carbocycles. The lowest BCUT2D eigenvalue weighted by atomic mass is 9.99. The molecule has 1 rings (SSSR count). The van der Waals surface area contributed by atoms with Gasteiger partial charge in [0.05, 0.1) is 6.61 Å². The standard InChI is InChI=1S/C12H15ClO3/c1-4-16-12(15)11(14)10-8(3)7(2)5-6-9(10)13/h5-6,11,14H,4H2,1-3H3. The summed E-state index contributed by atoms with van der Waals surface area (Å²) in [5.74, 6) is -0.668. The lowest BCUT2D eigenvalue weighted by Crippen LogP contribution is -2.17. The van der Waals surface area contributed by atoms with E-state index in [1.54, 1.807) is 13.0 Å². The highest BCUT2D eigenvalue weighted by molar-refractivity contribution is 6.31. The van der Waals surface area contributed by atoms with Crippen LogP contribution in [0, 0.1) is 13.8 Å². The third-order valence-electron chi connectivity index (χ3n) is 2.52. The van der Waals surface area contributed by atoms with E-state index < -0.39 is 12.1 Å². The molecule has 0 saturated heterocycles. The number of hydrogen-bond donors (Lipinski definition) is 1. The molecule has 0 spiro atoms. The highest BCUT2D eigenvalue weighted by atomic mass is 35.5. The summed E-state index contributed by atoms with van der Waals surface area (Å²) < 4.78 is 4.76. The number of hydrogen-bond acceptors (Lipinski definition) is 3. The van der Waals surface area contributed by atoms with Gasteiger partial charge in [-0.25, -0.2) is 4.79 Å². The van der Waals surface area contributed by atoms with Gasteiger partial charge in [0, 0.05) is 10.6 Å². The Labute approximate surface area is 100.0 Å². The number of aryl methyl sites for hydroxylation is 1. The molecule has 0 aliphatic heterocycles. The average molecular weight is 243 g/mol. The van der Waals surface area contributed by atoms with Crippen molar-refractivity contribution >= 4 is 17.6 Å². The smallest absolute Gasteiger partial charge is 0.339 e. The van der Waals surface area contributed by atoms with Gasteiger partial charge in [0.2, 0.25) is 0 Å². The molecule has 1 N–H and O–H groups in total. The zero-order chi connectivity index (χ0) is 12.3. The fraction of sp³-hybridized carbons (Fsp3) is 0.417. The molecule has 4 heteroatoms. The molecule has 16 heavy (non-hydrogen) atoms. The van der Waals surface area contributed by atoms with Crippen molar-refractivity contribution in [3.8, 4) is 0 Å². The first kappa shape index (κ1) is 13.0. The van der Waals surface area contributed by atoms with E-state index in [9.17, 15) is 9.90 Å². The van der Waals surface area contributed by atoms with Crippen molar-refractivity contribution in [1.29, 1.82) is 0 Å². The van der Waals surface area contributed by atoms with E-state index in [0.717, 1.165) is 11.1 Å². The van der Waals surface area contributed by atoms with Gasteiger partial charge in [0.15, 0.2) is 6.10 Å². The van der Waals surface area contributed by atoms with E-state index in [1.165, 1.54) is 0 Å². The summed E-state index contributed by atoms with van der Waals surface area (Å²) in [4.78, 5) is 11.4. The fourth-order valence-corrected chi connectivity index (χ4v) is 1.79. The van der Waals surface area contributed by atoms with Gasteiger partial charge < -0.3 is 9.84 Å². The van der Waals surface area contributed by atoms with Gasteiger partial charge in [0.1, 0.15) is 0 Å². The predicted octanol–water partition coefficient (Wildman–Crippen LogP) is 2.55. The Hall–Kier alpha value is -1.06. The van der Waals surface area contributed by atoms with Crippen molar-refractivity contribution in [2.45, 2.75) is 26.9 Å². The van der Waals surface area contributed by atoms with E-state index in [-0.39, 0.29) is 6.61 Å². The summed E-state index contributed by atoms with van der Waals surface area (Å²) in [7, 11) is 0. The van der Waals surface area contributed by atoms with Crippen LogP contribution in [0.2, 0.25) is 5.02 Å². The van der Waals surface area contributed by atoms with Crippen molar-refractivity contribution in [2.24, 2.45) is 0 Å². The van der Waals surface area contributed by atoms with Gasteiger partial charge in [-0.15, -0.1) is 0 Å². The van der Waals surface area contributed by atoms with Gasteiger partial charge in [-0.3, -0.25) is 0 Å². The molecule has 0 aliphatic rings. The monoisotopic (exact) mass is 242 g/mol. The Morgan fingerprint density at radius 1 is 1.50 bits per heavy atom. The first-order valence-electron chi connectivity index (χ1n) is 5.09. The number of halogens is 1. The topological polar surface area (TPSA) is 46.5 Å². The molecule has 0 radical (unpaired) electrons. The van der Waals surface area contributed by atoms with E-state index in [2.05, 4.69) is 0 Å². The van der Waals surface area contributed by atoms with Crippen LogP contribution in [0.15, 0.2) is 12.1 Å². The van der Waals surface area contributed by atoms with Crippen LogP contribution < -0.4 is 0 Å². The summed E-state index contributed by atoms with van der Waals surface area (Å²) in [6, 6.07) is 3.51. The molecule has 0 fully saturated rings. The molecule has 88 valence electrons. The van der Waals surface area contributed by atoms with Gasteiger partial charge in [-0.2, -0.15) is 0 Å². The van der Waals surface area contributed by atoms with Crippen LogP contribution in [0.3, 0.4) is 0 Å². The van der Waals surface area contributed by atoms with Crippen LogP contribution in [0.4, 0.5) is 0 Å². The second kappa shape index (κ2) is 5.32. The van der Waals surface area contributed by atoms with Crippen molar-refractivity contribution in [3.05, 3.63) is 33.8 Å². The largest absolute Gasteiger partial charge is 0.464 e. The minimum Gasteiger partial charge on any atom is -0.464 e. The van der Waals surface area contributed by atoms with E-state index in [1.807, 2.05) is 19.9 Å². The number of aliphatic hydroxyl groups is 1. The molecule has 3 nitrogen and oxygen atoms in total. The third-order valence-corrected chi connectivity index (χ3v) is 2.85. The summed E-state index contributed by atoms with van der Waals surface area (Å²) in [5.41, 5.74) is 2.22. The Morgan fingerprint density at radius 2 is 2.12 bits per heavy atom. The zero-order valence-electron chi connectivity index (χ0n) is 9.58. The minimum absolute atomic E-state index is 0.234. The highest BCUT2D eigenvalue weighted by Crippen LogP contribution is 2.29. The van der Waals surface area contributed by atoms with Crippen LogP contribution in [-0.2, 0) is 9.53 Å². The first-order valence-corrected chi connectivity index (χ1v) is 5.47. The van der Waals surface area contributed by atoms with Gasteiger partial charge in [-0.05, 0) is 38.0 Å². The third kappa shape index (κ3) is 2.54. The van der Waals surface area contributed by atoms with E-state index >= 15 is 0 Å². The van der Waals surface area contributed by atoms with Crippen molar-refractivity contribution in [3.63, 3.8) is 0 Å². The molecule has 0 aliphatic carbocycles. The number of aliphatic hydroxyl groups excluding tert-OH is 1. The van der Waals surface area contributed by atoms with E-state index in [4.69, 9.17) is 16.3 Å². The Kier molecular flexibility index (Phi) is 4.33. The van der Waals surface area contributed by atoms with Gasteiger partial charge >= 0.3 is 5.97 Å². The van der Waals surface area contributed by atoms with Crippen molar-refractivity contribution in [1.82, 2.24) is 0 Å². The Balaban J connectivity index is 3.12. The number of carbonyl (C=O) groups is 1. The minimum atomic E-state index is -1.31. The molecule has 1 atom stereocenters. The SMILES string of the molecule is CCOC(=O)C(O)c1c(Cl)ccc(C)c1C. The number of ether oxygens (including phenoxy) is 1. The molecule has 0 amide bonds. The number of rotatable bonds is 3. The summed E-state index contributed by atoms with van der Waals surface area (Å²) >= 11 is 5.97. The normalized spacial score (nSPS) is 12.3. The summed E-state index contributed by atoms with van der Waals surface area (Å²) in [6.45, 7) is 5.64. The first-order chi connectivity index (χ1) is 7.49. The van der Waals surface area contributed by atoms with Crippen molar-refractivity contribution in [2.75, 3.05) is 6.61 Å².